The Balaban J connectivity index is 1.69. The fourth-order valence-corrected chi connectivity index (χ4v) is 5.81. The zero-order chi connectivity index (χ0) is 33.8. The summed E-state index contributed by atoms with van der Waals surface area (Å²) in [6.07, 6.45) is 25.0. The van der Waals surface area contributed by atoms with Gasteiger partial charge in [0.2, 0.25) is 0 Å². The summed E-state index contributed by atoms with van der Waals surface area (Å²) in [5.41, 5.74) is -0.124. The number of rotatable bonds is 28. The molecule has 0 fully saturated rings. The van der Waals surface area contributed by atoms with Gasteiger partial charge in [-0.25, -0.2) is 4.79 Å². The van der Waals surface area contributed by atoms with Crippen LogP contribution in [0.3, 0.4) is 0 Å². The van der Waals surface area contributed by atoms with Crippen LogP contribution in [0.5, 0.6) is 5.75 Å². The highest BCUT2D eigenvalue weighted by molar-refractivity contribution is 5.95. The third-order valence-corrected chi connectivity index (χ3v) is 8.73. The normalized spacial score (nSPS) is 11.6. The van der Waals surface area contributed by atoms with Crippen molar-refractivity contribution in [2.45, 2.75) is 155 Å². The number of carbonyl (C=O) groups is 2. The number of para-hydroxylation sites is 1. The SMILES string of the molecule is CCCCCCCCCCCCCCOC(=O)c1ccc(C(=O)NCCCC(CCCCCCCC)Oc2ccccc2)c(=O)cc1. The van der Waals surface area contributed by atoms with E-state index in [4.69, 9.17) is 9.47 Å². The summed E-state index contributed by atoms with van der Waals surface area (Å²) in [5.74, 6) is -0.0352. The smallest absolute Gasteiger partial charge is 0.338 e. The van der Waals surface area contributed by atoms with E-state index in [1.54, 1.807) is 0 Å². The topological polar surface area (TPSA) is 81.7 Å². The lowest BCUT2D eigenvalue weighted by Crippen LogP contribution is -2.29. The Hall–Kier alpha value is -3.15. The maximum absolute atomic E-state index is 12.9. The molecule has 0 spiro atoms. The molecular formula is C41H63NO5. The van der Waals surface area contributed by atoms with Gasteiger partial charge in [-0.15, -0.1) is 0 Å². The summed E-state index contributed by atoms with van der Waals surface area (Å²) in [6, 6.07) is 15.5. The monoisotopic (exact) mass is 649 g/mol. The number of nitrogens with one attached hydrogen (secondary N) is 1. The molecule has 1 unspecified atom stereocenters. The van der Waals surface area contributed by atoms with Crippen molar-refractivity contribution in [3.8, 4) is 5.75 Å². The molecule has 262 valence electrons. The number of hydrogen-bond acceptors (Lipinski definition) is 5. The molecule has 6 heteroatoms. The van der Waals surface area contributed by atoms with Crippen molar-refractivity contribution in [3.05, 3.63) is 75.9 Å². The fourth-order valence-electron chi connectivity index (χ4n) is 5.81. The number of benzene rings is 1. The summed E-state index contributed by atoms with van der Waals surface area (Å²) in [4.78, 5) is 38.1. The third-order valence-electron chi connectivity index (χ3n) is 8.73. The highest BCUT2D eigenvalue weighted by Gasteiger charge is 2.14. The average Bonchev–Trinajstić information content (AvgIpc) is 3.28. The molecule has 2 aromatic carbocycles. The number of amides is 1. The third kappa shape index (κ3) is 19.3. The Morgan fingerprint density at radius 2 is 1.15 bits per heavy atom. The van der Waals surface area contributed by atoms with Crippen molar-refractivity contribution in [3.63, 3.8) is 0 Å². The molecule has 0 bridgehead atoms. The largest absolute Gasteiger partial charge is 0.490 e. The number of esters is 1. The molecular weight excluding hydrogens is 586 g/mol. The first kappa shape index (κ1) is 40.0. The van der Waals surface area contributed by atoms with Crippen LogP contribution in [0, 0.1) is 0 Å². The average molecular weight is 650 g/mol. The van der Waals surface area contributed by atoms with Crippen molar-refractivity contribution in [2.24, 2.45) is 0 Å². The van der Waals surface area contributed by atoms with E-state index in [-0.39, 0.29) is 17.2 Å². The van der Waals surface area contributed by atoms with Gasteiger partial charge < -0.3 is 14.8 Å². The molecule has 0 aliphatic heterocycles. The molecule has 47 heavy (non-hydrogen) atoms. The maximum atomic E-state index is 12.9. The predicted octanol–water partition coefficient (Wildman–Crippen LogP) is 10.6. The van der Waals surface area contributed by atoms with Crippen LogP contribution in [0.15, 0.2) is 59.4 Å². The van der Waals surface area contributed by atoms with Crippen LogP contribution in [0.4, 0.5) is 0 Å². The van der Waals surface area contributed by atoms with Crippen LogP contribution in [-0.2, 0) is 4.74 Å². The summed E-state index contributed by atoms with van der Waals surface area (Å²) in [6.45, 7) is 5.28. The number of ether oxygens (including phenoxy) is 2. The van der Waals surface area contributed by atoms with Crippen LogP contribution in [0.2, 0.25) is 0 Å². The lowest BCUT2D eigenvalue weighted by atomic mass is 10.0. The molecule has 0 radical (unpaired) electrons. The Bertz CT molecular complexity index is 1150. The van der Waals surface area contributed by atoms with E-state index in [9.17, 15) is 14.4 Å². The highest BCUT2D eigenvalue weighted by Crippen LogP contribution is 2.19. The van der Waals surface area contributed by atoms with Crippen molar-refractivity contribution in [1.82, 2.24) is 5.32 Å². The second-order valence-corrected chi connectivity index (χ2v) is 12.9. The zero-order valence-corrected chi connectivity index (χ0v) is 29.6. The van der Waals surface area contributed by atoms with Gasteiger partial charge in [-0.3, -0.25) is 9.59 Å². The number of unbranched alkanes of at least 4 members (excludes halogenated alkanes) is 16. The first-order valence-corrected chi connectivity index (χ1v) is 18.9. The van der Waals surface area contributed by atoms with E-state index >= 15 is 0 Å². The second kappa shape index (κ2) is 26.9. The predicted molar refractivity (Wildman–Crippen MR) is 194 cm³/mol. The Kier molecular flexibility index (Phi) is 22.9. The second-order valence-electron chi connectivity index (χ2n) is 12.9. The molecule has 6 nitrogen and oxygen atoms in total. The van der Waals surface area contributed by atoms with Crippen LogP contribution in [0.1, 0.15) is 169 Å². The molecule has 0 saturated heterocycles. The number of hydrogen-bond donors (Lipinski definition) is 1. The standard InChI is InChI=1S/C41H63NO5/c1-3-5-7-9-11-12-13-14-15-16-18-23-34-46-41(45)35-29-31-38(39(43)32-30-35)40(44)42-33-24-28-37(25-20-17-10-8-6-4-2)47-36-26-21-19-22-27-36/h19,21-22,26-27,29-32,37H,3-18,20,23-25,28,33-34H2,1-2H3,(H,42,44). The van der Waals surface area contributed by atoms with Crippen molar-refractivity contribution in [2.75, 3.05) is 13.2 Å². The van der Waals surface area contributed by atoms with Gasteiger partial charge in [-0.1, -0.05) is 135 Å². The van der Waals surface area contributed by atoms with E-state index in [1.165, 1.54) is 114 Å². The summed E-state index contributed by atoms with van der Waals surface area (Å²) in [7, 11) is 0. The van der Waals surface area contributed by atoms with Crippen LogP contribution < -0.4 is 15.5 Å². The van der Waals surface area contributed by atoms with Gasteiger partial charge in [0.15, 0.2) is 5.43 Å². The highest BCUT2D eigenvalue weighted by atomic mass is 16.5. The van der Waals surface area contributed by atoms with Gasteiger partial charge >= 0.3 is 5.97 Å². The lowest BCUT2D eigenvalue weighted by molar-refractivity contribution is 0.0497. The van der Waals surface area contributed by atoms with E-state index in [2.05, 4.69) is 19.2 Å². The first-order valence-electron chi connectivity index (χ1n) is 18.9. The van der Waals surface area contributed by atoms with Gasteiger partial charge in [0, 0.05) is 6.54 Å². The quantitative estimate of drug-likeness (QED) is 0.0733. The fraction of sp³-hybridized carbons (Fsp3) is 0.634. The maximum Gasteiger partial charge on any atom is 0.338 e. The molecule has 0 aliphatic rings. The van der Waals surface area contributed by atoms with E-state index < -0.39 is 17.3 Å². The Labute approximate surface area is 285 Å². The van der Waals surface area contributed by atoms with Crippen molar-refractivity contribution >= 4 is 11.9 Å². The molecule has 1 N–H and O–H groups in total. The molecule has 1 atom stereocenters. The van der Waals surface area contributed by atoms with Gasteiger partial charge in [-0.2, -0.15) is 0 Å². The summed E-state index contributed by atoms with van der Waals surface area (Å²) >= 11 is 0. The van der Waals surface area contributed by atoms with E-state index in [1.807, 2.05) is 30.3 Å². The van der Waals surface area contributed by atoms with Gasteiger partial charge in [0.05, 0.1) is 23.8 Å². The molecule has 0 aromatic heterocycles. The molecule has 1 amide bonds. The molecule has 2 rings (SSSR count). The first-order chi connectivity index (χ1) is 23.0. The molecule has 2 aromatic rings. The minimum absolute atomic E-state index is 0.0224. The van der Waals surface area contributed by atoms with E-state index in [0.29, 0.717) is 13.2 Å². The molecule has 0 aliphatic carbocycles. The van der Waals surface area contributed by atoms with Gasteiger partial charge in [0.1, 0.15) is 5.75 Å². The van der Waals surface area contributed by atoms with Gasteiger partial charge in [-0.05, 0) is 68.5 Å². The zero-order valence-electron chi connectivity index (χ0n) is 29.6. The molecule has 0 heterocycles. The van der Waals surface area contributed by atoms with Crippen LogP contribution in [-0.4, -0.2) is 31.1 Å². The Morgan fingerprint density at radius 3 is 1.77 bits per heavy atom. The van der Waals surface area contributed by atoms with Crippen LogP contribution in [0.25, 0.3) is 0 Å². The van der Waals surface area contributed by atoms with E-state index in [0.717, 1.165) is 50.7 Å². The van der Waals surface area contributed by atoms with Gasteiger partial charge in [0.25, 0.3) is 5.91 Å². The van der Waals surface area contributed by atoms with Crippen LogP contribution >= 0.6 is 0 Å². The van der Waals surface area contributed by atoms with Crippen molar-refractivity contribution < 1.29 is 19.1 Å². The molecule has 0 saturated carbocycles. The summed E-state index contributed by atoms with van der Waals surface area (Å²) in [5, 5.41) is 2.88. The summed E-state index contributed by atoms with van der Waals surface area (Å²) < 4.78 is 11.7. The number of carbonyl (C=O) groups excluding carboxylic acids is 2. The lowest BCUT2D eigenvalue weighted by Gasteiger charge is -2.19. The Morgan fingerprint density at radius 1 is 0.617 bits per heavy atom. The minimum Gasteiger partial charge on any atom is -0.490 e. The van der Waals surface area contributed by atoms with Crippen molar-refractivity contribution in [1.29, 1.82) is 0 Å². The minimum atomic E-state index is -0.468.